The van der Waals surface area contributed by atoms with E-state index in [1.807, 2.05) is 12.1 Å². The third-order valence-electron chi connectivity index (χ3n) is 4.28. The number of nitrogens with zero attached hydrogens (tertiary/aromatic N) is 1. The standard InChI is InChI=1S/C16H26N2O/c1-13(12-14-5-7-16(19)8-6-14)18(2)15-4-3-10-17-11-9-15/h5-8,13,15,17,19H,3-4,9-12H2,1-2H3. The minimum atomic E-state index is 0.347. The predicted octanol–water partition coefficient (Wildman–Crippen LogP) is 2.40. The van der Waals surface area contributed by atoms with Crippen molar-refractivity contribution in [2.24, 2.45) is 0 Å². The van der Waals surface area contributed by atoms with Gasteiger partial charge in [-0.05, 0) is 70.4 Å². The van der Waals surface area contributed by atoms with Gasteiger partial charge < -0.3 is 15.3 Å². The minimum absolute atomic E-state index is 0.347. The Morgan fingerprint density at radius 2 is 2.00 bits per heavy atom. The van der Waals surface area contributed by atoms with Crippen molar-refractivity contribution in [3.05, 3.63) is 29.8 Å². The summed E-state index contributed by atoms with van der Waals surface area (Å²) >= 11 is 0. The highest BCUT2D eigenvalue weighted by molar-refractivity contribution is 5.26. The molecule has 1 saturated heterocycles. The molecule has 2 unspecified atom stereocenters. The van der Waals surface area contributed by atoms with Crippen LogP contribution in [-0.2, 0) is 6.42 Å². The van der Waals surface area contributed by atoms with E-state index in [-0.39, 0.29) is 0 Å². The van der Waals surface area contributed by atoms with Gasteiger partial charge in [0.05, 0.1) is 0 Å². The molecule has 0 aliphatic carbocycles. The van der Waals surface area contributed by atoms with Crippen molar-refractivity contribution in [3.63, 3.8) is 0 Å². The lowest BCUT2D eigenvalue weighted by molar-refractivity contribution is 0.169. The molecule has 1 aliphatic heterocycles. The Morgan fingerprint density at radius 3 is 2.74 bits per heavy atom. The van der Waals surface area contributed by atoms with E-state index in [2.05, 4.69) is 24.2 Å². The van der Waals surface area contributed by atoms with Crippen molar-refractivity contribution in [2.45, 2.75) is 44.7 Å². The lowest BCUT2D eigenvalue weighted by atomic mass is 10.0. The first-order valence-electron chi connectivity index (χ1n) is 7.37. The van der Waals surface area contributed by atoms with Gasteiger partial charge in [0.2, 0.25) is 0 Å². The molecule has 2 atom stereocenters. The normalized spacial score (nSPS) is 22.2. The Labute approximate surface area is 116 Å². The van der Waals surface area contributed by atoms with Crippen LogP contribution in [0.5, 0.6) is 5.75 Å². The molecule has 1 aliphatic rings. The first kappa shape index (κ1) is 14.4. The van der Waals surface area contributed by atoms with Crippen LogP contribution in [0.3, 0.4) is 0 Å². The molecule has 2 N–H and O–H groups in total. The quantitative estimate of drug-likeness (QED) is 0.874. The fourth-order valence-corrected chi connectivity index (χ4v) is 2.88. The summed E-state index contributed by atoms with van der Waals surface area (Å²) in [6.07, 6.45) is 4.86. The van der Waals surface area contributed by atoms with Crippen molar-refractivity contribution in [3.8, 4) is 5.75 Å². The van der Waals surface area contributed by atoms with Crippen LogP contribution in [-0.4, -0.2) is 42.2 Å². The number of rotatable bonds is 4. The van der Waals surface area contributed by atoms with Crippen molar-refractivity contribution < 1.29 is 5.11 Å². The van der Waals surface area contributed by atoms with Gasteiger partial charge in [-0.25, -0.2) is 0 Å². The Morgan fingerprint density at radius 1 is 1.26 bits per heavy atom. The van der Waals surface area contributed by atoms with Gasteiger partial charge in [-0.15, -0.1) is 0 Å². The topological polar surface area (TPSA) is 35.5 Å². The molecule has 2 rings (SSSR count). The van der Waals surface area contributed by atoms with Crippen LogP contribution < -0.4 is 5.32 Å². The lowest BCUT2D eigenvalue weighted by Crippen LogP contribution is -2.40. The van der Waals surface area contributed by atoms with E-state index in [1.54, 1.807) is 12.1 Å². The molecule has 1 heterocycles. The molecular weight excluding hydrogens is 236 g/mol. The number of aromatic hydroxyl groups is 1. The zero-order valence-corrected chi connectivity index (χ0v) is 12.1. The monoisotopic (exact) mass is 262 g/mol. The SMILES string of the molecule is CC(Cc1ccc(O)cc1)N(C)C1CCCNCC1. The number of hydrogen-bond donors (Lipinski definition) is 2. The highest BCUT2D eigenvalue weighted by Crippen LogP contribution is 2.18. The maximum atomic E-state index is 9.32. The fourth-order valence-electron chi connectivity index (χ4n) is 2.88. The van der Waals surface area contributed by atoms with E-state index in [9.17, 15) is 5.11 Å². The van der Waals surface area contributed by atoms with Crippen molar-refractivity contribution >= 4 is 0 Å². The molecular formula is C16H26N2O. The summed E-state index contributed by atoms with van der Waals surface area (Å²) in [5.74, 6) is 0.347. The summed E-state index contributed by atoms with van der Waals surface area (Å²) in [6.45, 7) is 4.60. The van der Waals surface area contributed by atoms with Crippen LogP contribution in [0.4, 0.5) is 0 Å². The number of phenolic OH excluding ortho intramolecular Hbond substituents is 1. The number of phenols is 1. The molecule has 1 aromatic rings. The molecule has 0 aromatic heterocycles. The second kappa shape index (κ2) is 6.92. The van der Waals surface area contributed by atoms with Gasteiger partial charge in [-0.3, -0.25) is 0 Å². The first-order valence-corrected chi connectivity index (χ1v) is 7.37. The van der Waals surface area contributed by atoms with Crippen LogP contribution in [0, 0.1) is 0 Å². The highest BCUT2D eigenvalue weighted by atomic mass is 16.3. The Bertz CT molecular complexity index is 369. The van der Waals surface area contributed by atoms with Crippen molar-refractivity contribution in [1.29, 1.82) is 0 Å². The number of benzene rings is 1. The third-order valence-corrected chi connectivity index (χ3v) is 4.28. The maximum Gasteiger partial charge on any atom is 0.115 e. The number of likely N-dealkylation sites (N-methyl/N-ethyl adjacent to an activating group) is 1. The molecule has 0 amide bonds. The van der Waals surface area contributed by atoms with Gasteiger partial charge in [0.25, 0.3) is 0 Å². The summed E-state index contributed by atoms with van der Waals surface area (Å²) in [5, 5.41) is 12.8. The minimum Gasteiger partial charge on any atom is -0.508 e. The molecule has 1 fully saturated rings. The van der Waals surface area contributed by atoms with E-state index in [4.69, 9.17) is 0 Å². The smallest absolute Gasteiger partial charge is 0.115 e. The van der Waals surface area contributed by atoms with Crippen molar-refractivity contribution in [1.82, 2.24) is 10.2 Å². The third kappa shape index (κ3) is 4.22. The summed E-state index contributed by atoms with van der Waals surface area (Å²) in [7, 11) is 2.25. The molecule has 0 radical (unpaired) electrons. The van der Waals surface area contributed by atoms with Crippen LogP contribution in [0.2, 0.25) is 0 Å². The predicted molar refractivity (Wildman–Crippen MR) is 79.5 cm³/mol. The largest absolute Gasteiger partial charge is 0.508 e. The Hall–Kier alpha value is -1.06. The van der Waals surface area contributed by atoms with Crippen LogP contribution in [0.15, 0.2) is 24.3 Å². The van der Waals surface area contributed by atoms with E-state index < -0.39 is 0 Å². The van der Waals surface area contributed by atoms with Crippen molar-refractivity contribution in [2.75, 3.05) is 20.1 Å². The summed E-state index contributed by atoms with van der Waals surface area (Å²) in [4.78, 5) is 2.53. The molecule has 3 heteroatoms. The molecule has 1 aromatic carbocycles. The fraction of sp³-hybridized carbons (Fsp3) is 0.625. The van der Waals surface area contributed by atoms with Gasteiger partial charge in [0.1, 0.15) is 5.75 Å². The van der Waals surface area contributed by atoms with Crippen LogP contribution in [0.25, 0.3) is 0 Å². The van der Waals surface area contributed by atoms with Crippen LogP contribution in [0.1, 0.15) is 31.7 Å². The van der Waals surface area contributed by atoms with E-state index >= 15 is 0 Å². The van der Waals surface area contributed by atoms with E-state index in [1.165, 1.54) is 24.8 Å². The van der Waals surface area contributed by atoms with Gasteiger partial charge in [-0.2, -0.15) is 0 Å². The zero-order chi connectivity index (χ0) is 13.7. The molecule has 106 valence electrons. The molecule has 19 heavy (non-hydrogen) atoms. The van der Waals surface area contributed by atoms with E-state index in [0.717, 1.165) is 19.5 Å². The summed E-state index contributed by atoms with van der Waals surface area (Å²) in [6, 6.07) is 8.83. The average Bonchev–Trinajstić information content (AvgIpc) is 2.69. The summed E-state index contributed by atoms with van der Waals surface area (Å²) < 4.78 is 0. The number of nitrogens with one attached hydrogen (secondary N) is 1. The average molecular weight is 262 g/mol. The number of hydrogen-bond acceptors (Lipinski definition) is 3. The maximum absolute atomic E-state index is 9.32. The van der Waals surface area contributed by atoms with Gasteiger partial charge in [0, 0.05) is 12.1 Å². The first-order chi connectivity index (χ1) is 9.16. The second-order valence-corrected chi connectivity index (χ2v) is 5.72. The molecule has 3 nitrogen and oxygen atoms in total. The second-order valence-electron chi connectivity index (χ2n) is 5.72. The molecule has 0 saturated carbocycles. The molecule has 0 spiro atoms. The van der Waals surface area contributed by atoms with E-state index in [0.29, 0.717) is 17.8 Å². The molecule has 0 bridgehead atoms. The Balaban J connectivity index is 1.90. The highest BCUT2D eigenvalue weighted by Gasteiger charge is 2.20. The lowest BCUT2D eigenvalue weighted by Gasteiger charge is -2.32. The Kier molecular flexibility index (Phi) is 5.23. The zero-order valence-electron chi connectivity index (χ0n) is 12.1. The van der Waals surface area contributed by atoms with Crippen LogP contribution >= 0.6 is 0 Å². The van der Waals surface area contributed by atoms with Gasteiger partial charge >= 0.3 is 0 Å². The summed E-state index contributed by atoms with van der Waals surface area (Å²) in [5.41, 5.74) is 1.30. The van der Waals surface area contributed by atoms with Gasteiger partial charge in [0.15, 0.2) is 0 Å². The van der Waals surface area contributed by atoms with Gasteiger partial charge in [-0.1, -0.05) is 12.1 Å².